The minimum Gasteiger partial charge on any atom is -0.508 e. The summed E-state index contributed by atoms with van der Waals surface area (Å²) in [5, 5.41) is 19.1. The van der Waals surface area contributed by atoms with Gasteiger partial charge in [0.05, 0.1) is 6.61 Å². The molecule has 1 aromatic carbocycles. The predicted octanol–water partition coefficient (Wildman–Crippen LogP) is 0.632. The quantitative estimate of drug-likeness (QED) is 0.808. The highest BCUT2D eigenvalue weighted by molar-refractivity contribution is 5.38. The number of phenols is 1. The van der Waals surface area contributed by atoms with Crippen LogP contribution in [-0.2, 0) is 13.2 Å². The molecule has 2 N–H and O–H groups in total. The molecule has 0 amide bonds. The fraction of sp³-hybridized carbons (Fsp3) is 0.538. The lowest BCUT2D eigenvalue weighted by Crippen LogP contribution is -2.44. The van der Waals surface area contributed by atoms with Crippen molar-refractivity contribution < 1.29 is 10.2 Å². The molecule has 0 atom stereocenters. The maximum absolute atomic E-state index is 9.86. The zero-order valence-corrected chi connectivity index (χ0v) is 10.3. The number of hydrogen-bond donors (Lipinski definition) is 2. The molecule has 1 aromatic rings. The van der Waals surface area contributed by atoms with Gasteiger partial charge in [-0.1, -0.05) is 12.1 Å². The summed E-state index contributed by atoms with van der Waals surface area (Å²) in [6.45, 7) is 4.84. The molecular formula is C13H20N2O2. The van der Waals surface area contributed by atoms with Crippen LogP contribution in [0, 0.1) is 0 Å². The topological polar surface area (TPSA) is 46.9 Å². The SMILES string of the molecule is CN1CCN(Cc2c(O)cccc2CO)CC1. The first-order valence-corrected chi connectivity index (χ1v) is 6.02. The van der Waals surface area contributed by atoms with Gasteiger partial charge in [0.2, 0.25) is 0 Å². The van der Waals surface area contributed by atoms with E-state index in [0.29, 0.717) is 0 Å². The standard InChI is InChI=1S/C13H20N2O2/c1-14-5-7-15(8-6-14)9-12-11(10-16)3-2-4-13(12)17/h2-4,16-17H,5-10H2,1H3. The van der Waals surface area contributed by atoms with Gasteiger partial charge in [0.25, 0.3) is 0 Å². The second-order valence-corrected chi connectivity index (χ2v) is 4.65. The van der Waals surface area contributed by atoms with Gasteiger partial charge in [-0.25, -0.2) is 0 Å². The summed E-state index contributed by atoms with van der Waals surface area (Å²) in [5.74, 6) is 0.287. The number of hydrogen-bond acceptors (Lipinski definition) is 4. The first-order valence-electron chi connectivity index (χ1n) is 6.02. The smallest absolute Gasteiger partial charge is 0.120 e. The monoisotopic (exact) mass is 236 g/mol. The molecular weight excluding hydrogens is 216 g/mol. The van der Waals surface area contributed by atoms with Gasteiger partial charge >= 0.3 is 0 Å². The fourth-order valence-electron chi connectivity index (χ4n) is 2.18. The minimum atomic E-state index is -0.0164. The molecule has 0 aromatic heterocycles. The average Bonchev–Trinajstić information content (AvgIpc) is 2.34. The van der Waals surface area contributed by atoms with Crippen LogP contribution in [0.2, 0.25) is 0 Å². The third kappa shape index (κ3) is 2.97. The van der Waals surface area contributed by atoms with E-state index in [1.165, 1.54) is 0 Å². The Labute approximate surface area is 102 Å². The van der Waals surface area contributed by atoms with Gasteiger partial charge in [-0.15, -0.1) is 0 Å². The molecule has 4 nitrogen and oxygen atoms in total. The van der Waals surface area contributed by atoms with Crippen molar-refractivity contribution in [1.82, 2.24) is 9.80 Å². The number of aliphatic hydroxyl groups excluding tert-OH is 1. The van der Waals surface area contributed by atoms with Crippen molar-refractivity contribution in [3.05, 3.63) is 29.3 Å². The van der Waals surface area contributed by atoms with Crippen molar-refractivity contribution in [3.8, 4) is 5.75 Å². The van der Waals surface area contributed by atoms with Crippen molar-refractivity contribution in [1.29, 1.82) is 0 Å². The molecule has 0 spiro atoms. The first-order chi connectivity index (χ1) is 8.20. The fourth-order valence-corrected chi connectivity index (χ4v) is 2.18. The zero-order chi connectivity index (χ0) is 12.3. The third-order valence-electron chi connectivity index (χ3n) is 3.40. The van der Waals surface area contributed by atoms with Crippen LogP contribution in [0.25, 0.3) is 0 Å². The lowest BCUT2D eigenvalue weighted by Gasteiger charge is -2.32. The van der Waals surface area contributed by atoms with Crippen LogP contribution in [0.1, 0.15) is 11.1 Å². The van der Waals surface area contributed by atoms with Gasteiger partial charge in [0, 0.05) is 38.3 Å². The Morgan fingerprint density at radius 2 is 1.88 bits per heavy atom. The lowest BCUT2D eigenvalue weighted by atomic mass is 10.1. The van der Waals surface area contributed by atoms with Crippen LogP contribution >= 0.6 is 0 Å². The Bertz CT molecular complexity index is 374. The summed E-state index contributed by atoms with van der Waals surface area (Å²) < 4.78 is 0. The Morgan fingerprint density at radius 1 is 1.18 bits per heavy atom. The number of rotatable bonds is 3. The van der Waals surface area contributed by atoms with Crippen LogP contribution in [0.5, 0.6) is 5.75 Å². The Kier molecular flexibility index (Phi) is 3.99. The highest BCUT2D eigenvalue weighted by Crippen LogP contribution is 2.23. The Hall–Kier alpha value is -1.10. The van der Waals surface area contributed by atoms with E-state index in [9.17, 15) is 10.2 Å². The van der Waals surface area contributed by atoms with Crippen LogP contribution in [-0.4, -0.2) is 53.2 Å². The number of piperazine rings is 1. The molecule has 0 bridgehead atoms. The first kappa shape index (κ1) is 12.4. The second-order valence-electron chi connectivity index (χ2n) is 4.65. The number of aliphatic hydroxyl groups is 1. The van der Waals surface area contributed by atoms with Crippen molar-refractivity contribution in [3.63, 3.8) is 0 Å². The summed E-state index contributed by atoms with van der Waals surface area (Å²) in [6.07, 6.45) is 0. The molecule has 4 heteroatoms. The third-order valence-corrected chi connectivity index (χ3v) is 3.40. The summed E-state index contributed by atoms with van der Waals surface area (Å²) in [6, 6.07) is 5.32. The van der Waals surface area contributed by atoms with E-state index in [1.807, 2.05) is 6.07 Å². The van der Waals surface area contributed by atoms with Gasteiger partial charge in [-0.3, -0.25) is 4.90 Å². The van der Waals surface area contributed by atoms with Crippen molar-refractivity contribution >= 4 is 0 Å². The molecule has 1 aliphatic rings. The second kappa shape index (κ2) is 5.49. The van der Waals surface area contributed by atoms with Gasteiger partial charge in [-0.05, 0) is 18.7 Å². The van der Waals surface area contributed by atoms with E-state index in [4.69, 9.17) is 0 Å². The van der Waals surface area contributed by atoms with E-state index in [1.54, 1.807) is 12.1 Å². The Morgan fingerprint density at radius 3 is 2.53 bits per heavy atom. The van der Waals surface area contributed by atoms with Crippen molar-refractivity contribution in [2.75, 3.05) is 33.2 Å². The average molecular weight is 236 g/mol. The summed E-state index contributed by atoms with van der Waals surface area (Å²) in [4.78, 5) is 4.61. The maximum Gasteiger partial charge on any atom is 0.120 e. The van der Waals surface area contributed by atoms with Gasteiger partial charge in [0.15, 0.2) is 0 Å². The zero-order valence-electron chi connectivity index (χ0n) is 10.3. The molecule has 17 heavy (non-hydrogen) atoms. The van der Waals surface area contributed by atoms with E-state index < -0.39 is 0 Å². The van der Waals surface area contributed by atoms with Crippen LogP contribution in [0.15, 0.2) is 18.2 Å². The van der Waals surface area contributed by atoms with E-state index in [2.05, 4.69) is 16.8 Å². The van der Waals surface area contributed by atoms with Gasteiger partial charge in [-0.2, -0.15) is 0 Å². The van der Waals surface area contributed by atoms with Gasteiger partial charge < -0.3 is 15.1 Å². The summed E-state index contributed by atoms with van der Waals surface area (Å²) in [5.41, 5.74) is 1.68. The van der Waals surface area contributed by atoms with Crippen LogP contribution in [0.4, 0.5) is 0 Å². The maximum atomic E-state index is 9.86. The molecule has 0 unspecified atom stereocenters. The number of benzene rings is 1. The molecule has 0 saturated carbocycles. The van der Waals surface area contributed by atoms with E-state index >= 15 is 0 Å². The molecule has 0 aliphatic carbocycles. The summed E-state index contributed by atoms with van der Waals surface area (Å²) >= 11 is 0. The number of likely N-dealkylation sites (N-methyl/N-ethyl adjacent to an activating group) is 1. The predicted molar refractivity (Wildman–Crippen MR) is 66.8 cm³/mol. The number of aromatic hydroxyl groups is 1. The molecule has 1 saturated heterocycles. The molecule has 1 aliphatic heterocycles. The largest absolute Gasteiger partial charge is 0.508 e. The van der Waals surface area contributed by atoms with E-state index in [0.717, 1.165) is 43.9 Å². The molecule has 94 valence electrons. The van der Waals surface area contributed by atoms with Crippen molar-refractivity contribution in [2.45, 2.75) is 13.2 Å². The summed E-state index contributed by atoms with van der Waals surface area (Å²) in [7, 11) is 2.12. The molecule has 0 radical (unpaired) electrons. The number of phenolic OH excluding ortho intramolecular Hbond substituents is 1. The van der Waals surface area contributed by atoms with E-state index in [-0.39, 0.29) is 12.4 Å². The normalized spacial score (nSPS) is 18.5. The highest BCUT2D eigenvalue weighted by atomic mass is 16.3. The van der Waals surface area contributed by atoms with Crippen LogP contribution in [0.3, 0.4) is 0 Å². The molecule has 2 rings (SSSR count). The highest BCUT2D eigenvalue weighted by Gasteiger charge is 2.16. The van der Waals surface area contributed by atoms with Crippen LogP contribution < -0.4 is 0 Å². The minimum absolute atomic E-state index is 0.0164. The lowest BCUT2D eigenvalue weighted by molar-refractivity contribution is 0.146. The molecule has 1 fully saturated rings. The van der Waals surface area contributed by atoms with Gasteiger partial charge in [0.1, 0.15) is 5.75 Å². The Balaban J connectivity index is 2.07. The molecule has 1 heterocycles. The van der Waals surface area contributed by atoms with Crippen molar-refractivity contribution in [2.24, 2.45) is 0 Å². The number of nitrogens with zero attached hydrogens (tertiary/aromatic N) is 2.